The number of nitrogens with zero attached hydrogens (tertiary/aromatic N) is 1. The van der Waals surface area contributed by atoms with Crippen LogP contribution in [0.2, 0.25) is 0 Å². The molecule has 3 nitrogen and oxygen atoms in total. The largest absolute Gasteiger partial charge is 0.329 e. The van der Waals surface area contributed by atoms with E-state index < -0.39 is 0 Å². The van der Waals surface area contributed by atoms with Crippen LogP contribution in [-0.2, 0) is 11.2 Å². The number of likely N-dealkylation sites (N-methyl/N-ethyl adjacent to an activating group) is 1. The van der Waals surface area contributed by atoms with Gasteiger partial charge in [-0.15, -0.1) is 0 Å². The Balaban J connectivity index is 1.89. The lowest BCUT2D eigenvalue weighted by molar-refractivity contribution is -0.126. The van der Waals surface area contributed by atoms with Crippen LogP contribution in [0, 0.1) is 0 Å². The third kappa shape index (κ3) is 2.45. The van der Waals surface area contributed by atoms with Gasteiger partial charge in [-0.3, -0.25) is 10.1 Å². The van der Waals surface area contributed by atoms with Gasteiger partial charge in [0, 0.05) is 13.5 Å². The van der Waals surface area contributed by atoms with E-state index >= 15 is 0 Å². The van der Waals surface area contributed by atoms with Crippen molar-refractivity contribution >= 4 is 5.91 Å². The van der Waals surface area contributed by atoms with Crippen molar-refractivity contribution < 1.29 is 4.79 Å². The smallest absolute Gasteiger partial charge is 0.237 e. The molecule has 102 valence electrons. The fourth-order valence-electron chi connectivity index (χ4n) is 2.66. The number of carbonyl (C=O) groups excluding carboxylic acids is 1. The molecular formula is C17H18N2O. The van der Waals surface area contributed by atoms with Gasteiger partial charge in [-0.05, 0) is 16.7 Å². The maximum absolute atomic E-state index is 11.6. The average molecular weight is 266 g/mol. The van der Waals surface area contributed by atoms with Gasteiger partial charge in [0.25, 0.3) is 0 Å². The molecule has 0 bridgehead atoms. The standard InChI is InChI=1S/C17H18N2O/c1-19-16(18-12-17(19)20)11-14-9-5-6-10-15(14)13-7-3-2-4-8-13/h2-10,16,18H,11-12H2,1H3/t16-/m0/s1. The summed E-state index contributed by atoms with van der Waals surface area (Å²) < 4.78 is 0. The summed E-state index contributed by atoms with van der Waals surface area (Å²) in [6.45, 7) is 0.439. The summed E-state index contributed by atoms with van der Waals surface area (Å²) in [4.78, 5) is 13.4. The van der Waals surface area contributed by atoms with Gasteiger partial charge in [-0.2, -0.15) is 0 Å². The zero-order valence-electron chi connectivity index (χ0n) is 11.5. The van der Waals surface area contributed by atoms with Crippen LogP contribution in [0.4, 0.5) is 0 Å². The van der Waals surface area contributed by atoms with Gasteiger partial charge in [0.05, 0.1) is 12.7 Å². The lowest BCUT2D eigenvalue weighted by Crippen LogP contribution is -2.36. The highest BCUT2D eigenvalue weighted by Gasteiger charge is 2.27. The summed E-state index contributed by atoms with van der Waals surface area (Å²) in [5.41, 5.74) is 3.72. The summed E-state index contributed by atoms with van der Waals surface area (Å²) in [5, 5.41) is 3.26. The Morgan fingerprint density at radius 3 is 2.50 bits per heavy atom. The summed E-state index contributed by atoms with van der Waals surface area (Å²) in [5.74, 6) is 0.159. The summed E-state index contributed by atoms with van der Waals surface area (Å²) in [6.07, 6.45) is 0.917. The predicted octanol–water partition coefficient (Wildman–Crippen LogP) is 2.28. The molecule has 1 amide bonds. The fraction of sp³-hybridized carbons (Fsp3) is 0.235. The quantitative estimate of drug-likeness (QED) is 0.924. The molecule has 1 saturated heterocycles. The molecule has 0 unspecified atom stereocenters. The van der Waals surface area contributed by atoms with Gasteiger partial charge in [0.2, 0.25) is 5.91 Å². The number of nitrogens with one attached hydrogen (secondary N) is 1. The van der Waals surface area contributed by atoms with Crippen LogP contribution in [0.15, 0.2) is 54.6 Å². The van der Waals surface area contributed by atoms with E-state index in [9.17, 15) is 4.79 Å². The minimum atomic E-state index is 0.0902. The van der Waals surface area contributed by atoms with Gasteiger partial charge < -0.3 is 4.90 Å². The van der Waals surface area contributed by atoms with E-state index in [1.807, 2.05) is 13.1 Å². The highest BCUT2D eigenvalue weighted by molar-refractivity contribution is 5.80. The molecule has 3 heteroatoms. The Hall–Kier alpha value is -2.13. The molecule has 0 aliphatic carbocycles. The van der Waals surface area contributed by atoms with E-state index in [-0.39, 0.29) is 12.1 Å². The molecule has 0 radical (unpaired) electrons. The van der Waals surface area contributed by atoms with E-state index in [0.29, 0.717) is 6.54 Å². The third-order valence-electron chi connectivity index (χ3n) is 3.87. The molecule has 1 fully saturated rings. The SMILES string of the molecule is CN1C(=O)CN[C@@H]1Cc1ccccc1-c1ccccc1. The van der Waals surface area contributed by atoms with Crippen LogP contribution < -0.4 is 5.32 Å². The summed E-state index contributed by atoms with van der Waals surface area (Å²) in [7, 11) is 1.86. The van der Waals surface area contributed by atoms with Crippen molar-refractivity contribution in [3.63, 3.8) is 0 Å². The van der Waals surface area contributed by atoms with Crippen molar-refractivity contribution in [2.45, 2.75) is 12.6 Å². The molecule has 2 aromatic carbocycles. The Kier molecular flexibility index (Phi) is 3.52. The van der Waals surface area contributed by atoms with Crippen LogP contribution >= 0.6 is 0 Å². The normalized spacial score (nSPS) is 18.6. The number of benzene rings is 2. The van der Waals surface area contributed by atoms with E-state index in [4.69, 9.17) is 0 Å². The van der Waals surface area contributed by atoms with Crippen LogP contribution in [-0.4, -0.2) is 30.6 Å². The molecule has 0 saturated carbocycles. The predicted molar refractivity (Wildman–Crippen MR) is 80.1 cm³/mol. The molecule has 2 aromatic rings. The molecule has 0 aromatic heterocycles. The van der Waals surface area contributed by atoms with Crippen molar-refractivity contribution in [2.24, 2.45) is 0 Å². The summed E-state index contributed by atoms with van der Waals surface area (Å²) >= 11 is 0. The molecule has 1 atom stereocenters. The number of amides is 1. The Morgan fingerprint density at radius 2 is 1.80 bits per heavy atom. The number of rotatable bonds is 3. The first kappa shape index (κ1) is 12.9. The van der Waals surface area contributed by atoms with Crippen molar-refractivity contribution in [3.8, 4) is 11.1 Å². The first-order valence-corrected chi connectivity index (χ1v) is 6.88. The molecular weight excluding hydrogens is 248 g/mol. The minimum absolute atomic E-state index is 0.0902. The fourth-order valence-corrected chi connectivity index (χ4v) is 2.66. The van der Waals surface area contributed by atoms with Crippen molar-refractivity contribution in [3.05, 3.63) is 60.2 Å². The Labute approximate surface area is 119 Å². The summed E-state index contributed by atoms with van der Waals surface area (Å²) in [6, 6.07) is 18.8. The first-order valence-electron chi connectivity index (χ1n) is 6.88. The lowest BCUT2D eigenvalue weighted by Gasteiger charge is -2.21. The van der Waals surface area contributed by atoms with E-state index in [0.717, 1.165) is 6.42 Å². The molecule has 0 spiro atoms. The number of hydrogen-bond acceptors (Lipinski definition) is 2. The third-order valence-corrected chi connectivity index (χ3v) is 3.87. The van der Waals surface area contributed by atoms with Crippen LogP contribution in [0.5, 0.6) is 0 Å². The first-order chi connectivity index (χ1) is 9.75. The van der Waals surface area contributed by atoms with E-state index in [2.05, 4.69) is 53.8 Å². The Morgan fingerprint density at radius 1 is 1.10 bits per heavy atom. The van der Waals surface area contributed by atoms with Gasteiger partial charge in [-0.25, -0.2) is 0 Å². The van der Waals surface area contributed by atoms with Crippen LogP contribution in [0.25, 0.3) is 11.1 Å². The maximum atomic E-state index is 11.6. The highest BCUT2D eigenvalue weighted by atomic mass is 16.2. The zero-order chi connectivity index (χ0) is 13.9. The molecule has 20 heavy (non-hydrogen) atoms. The van der Waals surface area contributed by atoms with Crippen LogP contribution in [0.3, 0.4) is 0 Å². The van der Waals surface area contributed by atoms with Crippen molar-refractivity contribution in [2.75, 3.05) is 13.6 Å². The topological polar surface area (TPSA) is 32.3 Å². The molecule has 1 aliphatic rings. The van der Waals surface area contributed by atoms with E-state index in [1.165, 1.54) is 16.7 Å². The van der Waals surface area contributed by atoms with Gasteiger partial charge in [0.1, 0.15) is 0 Å². The molecule has 1 N–H and O–H groups in total. The molecule has 1 heterocycles. The van der Waals surface area contributed by atoms with Gasteiger partial charge in [-0.1, -0.05) is 54.6 Å². The second-order valence-corrected chi connectivity index (χ2v) is 5.13. The average Bonchev–Trinajstić information content (AvgIpc) is 2.81. The number of carbonyl (C=O) groups is 1. The van der Waals surface area contributed by atoms with Crippen molar-refractivity contribution in [1.29, 1.82) is 0 Å². The van der Waals surface area contributed by atoms with Crippen LogP contribution in [0.1, 0.15) is 5.56 Å². The molecule has 1 aliphatic heterocycles. The minimum Gasteiger partial charge on any atom is -0.329 e. The lowest BCUT2D eigenvalue weighted by atomic mass is 9.97. The Bertz CT molecular complexity index is 609. The second-order valence-electron chi connectivity index (χ2n) is 5.13. The molecule has 3 rings (SSSR count). The van der Waals surface area contributed by atoms with E-state index in [1.54, 1.807) is 4.90 Å². The second kappa shape index (κ2) is 5.47. The highest BCUT2D eigenvalue weighted by Crippen LogP contribution is 2.25. The zero-order valence-corrected chi connectivity index (χ0v) is 11.5. The van der Waals surface area contributed by atoms with Gasteiger partial charge >= 0.3 is 0 Å². The van der Waals surface area contributed by atoms with Crippen molar-refractivity contribution in [1.82, 2.24) is 10.2 Å². The number of hydrogen-bond donors (Lipinski definition) is 1. The van der Waals surface area contributed by atoms with Gasteiger partial charge in [0.15, 0.2) is 0 Å². The maximum Gasteiger partial charge on any atom is 0.237 e. The monoisotopic (exact) mass is 266 g/mol.